The number of nitrogens with zero attached hydrogens (tertiary/aromatic N) is 1. The molecule has 0 atom stereocenters. The fourth-order valence-corrected chi connectivity index (χ4v) is 2.11. The van der Waals surface area contributed by atoms with E-state index >= 15 is 0 Å². The number of amidine groups is 1. The maximum absolute atomic E-state index is 6.07. The molecule has 0 saturated carbocycles. The van der Waals surface area contributed by atoms with Crippen LogP contribution in [0.15, 0.2) is 41.4 Å². The summed E-state index contributed by atoms with van der Waals surface area (Å²) in [4.78, 5) is 4.30. The molecular formula is C14H15Cl3N4. The van der Waals surface area contributed by atoms with Gasteiger partial charge in [-0.3, -0.25) is 4.99 Å². The smallest absolute Gasteiger partial charge is 0.126 e. The van der Waals surface area contributed by atoms with Crippen LogP contribution in [0.1, 0.15) is 11.1 Å². The summed E-state index contributed by atoms with van der Waals surface area (Å²) < 4.78 is 0. The van der Waals surface area contributed by atoms with Gasteiger partial charge >= 0.3 is 0 Å². The van der Waals surface area contributed by atoms with E-state index in [0.717, 1.165) is 11.1 Å². The molecule has 0 aromatic heterocycles. The SMILES string of the molecule is Cl.NC(=NCc1ccc(Cl)cc1Cl)c1ccc(N)c(N)c1. The number of hydrogen-bond acceptors (Lipinski definition) is 3. The largest absolute Gasteiger partial charge is 0.397 e. The maximum Gasteiger partial charge on any atom is 0.126 e. The van der Waals surface area contributed by atoms with Gasteiger partial charge < -0.3 is 17.2 Å². The third-order valence-corrected chi connectivity index (χ3v) is 3.40. The Kier molecular flexibility index (Phi) is 6.15. The summed E-state index contributed by atoms with van der Waals surface area (Å²) in [6.45, 7) is 0.367. The number of hydrogen-bond donors (Lipinski definition) is 3. The van der Waals surface area contributed by atoms with Gasteiger partial charge in [-0.1, -0.05) is 29.3 Å². The Balaban J connectivity index is 0.00000220. The van der Waals surface area contributed by atoms with Crippen molar-refractivity contribution in [2.45, 2.75) is 6.54 Å². The fraction of sp³-hybridized carbons (Fsp3) is 0.0714. The molecule has 0 heterocycles. The van der Waals surface area contributed by atoms with Crippen LogP contribution < -0.4 is 17.2 Å². The molecule has 0 aliphatic heterocycles. The number of aliphatic imine (C=N–C) groups is 1. The van der Waals surface area contributed by atoms with Crippen LogP contribution in [0.2, 0.25) is 10.0 Å². The lowest BCUT2D eigenvalue weighted by atomic mass is 10.1. The Morgan fingerprint density at radius 3 is 2.33 bits per heavy atom. The van der Waals surface area contributed by atoms with Crippen molar-refractivity contribution in [3.63, 3.8) is 0 Å². The van der Waals surface area contributed by atoms with Crippen molar-refractivity contribution in [2.75, 3.05) is 11.5 Å². The third-order valence-electron chi connectivity index (χ3n) is 2.82. The fourth-order valence-electron chi connectivity index (χ4n) is 1.65. The van der Waals surface area contributed by atoms with Gasteiger partial charge in [0.15, 0.2) is 0 Å². The zero-order chi connectivity index (χ0) is 14.7. The Hall–Kier alpha value is -1.62. The van der Waals surface area contributed by atoms with Crippen LogP contribution in [0.5, 0.6) is 0 Å². The molecule has 2 aromatic carbocycles. The summed E-state index contributed by atoms with van der Waals surface area (Å²) in [6, 6.07) is 10.4. The van der Waals surface area contributed by atoms with Gasteiger partial charge in [0, 0.05) is 15.6 Å². The second-order valence-electron chi connectivity index (χ2n) is 4.28. The first-order valence-electron chi connectivity index (χ1n) is 5.86. The average molecular weight is 346 g/mol. The molecule has 0 spiro atoms. The zero-order valence-electron chi connectivity index (χ0n) is 11.0. The third kappa shape index (κ3) is 4.43. The predicted octanol–water partition coefficient (Wildman–Crippen LogP) is 3.49. The molecule has 0 bridgehead atoms. The second kappa shape index (κ2) is 7.41. The number of rotatable bonds is 3. The first kappa shape index (κ1) is 17.4. The van der Waals surface area contributed by atoms with E-state index in [-0.39, 0.29) is 12.4 Å². The number of nitrogen functional groups attached to an aromatic ring is 2. The molecule has 112 valence electrons. The van der Waals surface area contributed by atoms with Gasteiger partial charge in [-0.25, -0.2) is 0 Å². The summed E-state index contributed by atoms with van der Waals surface area (Å²) in [5, 5.41) is 1.15. The molecule has 0 fully saturated rings. The van der Waals surface area contributed by atoms with Crippen LogP contribution in [0.4, 0.5) is 11.4 Å². The van der Waals surface area contributed by atoms with Gasteiger partial charge in [0.1, 0.15) is 5.84 Å². The monoisotopic (exact) mass is 344 g/mol. The molecule has 0 radical (unpaired) electrons. The van der Waals surface area contributed by atoms with E-state index in [1.165, 1.54) is 0 Å². The van der Waals surface area contributed by atoms with Gasteiger partial charge in [0.05, 0.1) is 17.9 Å². The van der Waals surface area contributed by atoms with Crippen molar-refractivity contribution < 1.29 is 0 Å². The standard InChI is InChI=1S/C14H14Cl2N4.ClH/c15-10-3-1-9(11(16)6-10)7-20-14(19)8-2-4-12(17)13(18)5-8;/h1-6H,7,17-18H2,(H2,19,20);1H. The van der Waals surface area contributed by atoms with Crippen molar-refractivity contribution >= 4 is 52.8 Å². The molecular weight excluding hydrogens is 331 g/mol. The van der Waals surface area contributed by atoms with E-state index in [4.69, 9.17) is 40.4 Å². The molecule has 0 amide bonds. The highest BCUT2D eigenvalue weighted by molar-refractivity contribution is 6.35. The molecule has 7 heteroatoms. The summed E-state index contributed by atoms with van der Waals surface area (Å²) >= 11 is 11.9. The van der Waals surface area contributed by atoms with Crippen LogP contribution in [0.25, 0.3) is 0 Å². The van der Waals surface area contributed by atoms with Gasteiger partial charge in [0.25, 0.3) is 0 Å². The minimum Gasteiger partial charge on any atom is -0.397 e. The normalized spacial score (nSPS) is 11.0. The van der Waals surface area contributed by atoms with Crippen molar-refractivity contribution in [3.8, 4) is 0 Å². The second-order valence-corrected chi connectivity index (χ2v) is 5.12. The van der Waals surface area contributed by atoms with Crippen LogP contribution in [-0.4, -0.2) is 5.84 Å². The first-order chi connectivity index (χ1) is 9.47. The lowest BCUT2D eigenvalue weighted by molar-refractivity contribution is 1.06. The number of halogens is 3. The molecule has 2 aromatic rings. The van der Waals surface area contributed by atoms with E-state index in [9.17, 15) is 0 Å². The Bertz CT molecular complexity index is 671. The van der Waals surface area contributed by atoms with Gasteiger partial charge in [-0.15, -0.1) is 12.4 Å². The molecule has 2 rings (SSSR count). The van der Waals surface area contributed by atoms with Gasteiger partial charge in [-0.05, 0) is 35.9 Å². The van der Waals surface area contributed by atoms with E-state index in [1.54, 1.807) is 30.3 Å². The average Bonchev–Trinajstić information content (AvgIpc) is 2.40. The van der Waals surface area contributed by atoms with Gasteiger partial charge in [0.2, 0.25) is 0 Å². The Morgan fingerprint density at radius 1 is 1.00 bits per heavy atom. The van der Waals surface area contributed by atoms with Crippen LogP contribution >= 0.6 is 35.6 Å². The molecule has 0 aliphatic rings. The Labute approximate surface area is 139 Å². The van der Waals surface area contributed by atoms with Crippen molar-refractivity contribution in [1.29, 1.82) is 0 Å². The highest BCUT2D eigenvalue weighted by Crippen LogP contribution is 2.22. The molecule has 21 heavy (non-hydrogen) atoms. The molecule has 0 unspecified atom stereocenters. The predicted molar refractivity (Wildman–Crippen MR) is 93.4 cm³/mol. The minimum absolute atomic E-state index is 0. The van der Waals surface area contributed by atoms with E-state index in [0.29, 0.717) is 33.8 Å². The van der Waals surface area contributed by atoms with Crippen LogP contribution in [-0.2, 0) is 6.54 Å². The number of benzene rings is 2. The van der Waals surface area contributed by atoms with E-state index < -0.39 is 0 Å². The number of anilines is 2. The lowest BCUT2D eigenvalue weighted by Crippen LogP contribution is -2.14. The molecule has 0 saturated heterocycles. The maximum atomic E-state index is 6.07. The van der Waals surface area contributed by atoms with Crippen LogP contribution in [0.3, 0.4) is 0 Å². The van der Waals surface area contributed by atoms with Gasteiger partial charge in [-0.2, -0.15) is 0 Å². The molecule has 0 aliphatic carbocycles. The minimum atomic E-state index is 0. The van der Waals surface area contributed by atoms with Crippen LogP contribution in [0, 0.1) is 0 Å². The quantitative estimate of drug-likeness (QED) is 0.452. The topological polar surface area (TPSA) is 90.4 Å². The molecule has 6 N–H and O–H groups in total. The highest BCUT2D eigenvalue weighted by Gasteiger charge is 2.04. The van der Waals surface area contributed by atoms with Crippen molar-refractivity contribution in [3.05, 3.63) is 57.6 Å². The van der Waals surface area contributed by atoms with E-state index in [2.05, 4.69) is 4.99 Å². The van der Waals surface area contributed by atoms with Crippen molar-refractivity contribution in [1.82, 2.24) is 0 Å². The van der Waals surface area contributed by atoms with Crippen molar-refractivity contribution in [2.24, 2.45) is 10.7 Å². The molecule has 4 nitrogen and oxygen atoms in total. The lowest BCUT2D eigenvalue weighted by Gasteiger charge is -2.06. The van der Waals surface area contributed by atoms with E-state index in [1.807, 2.05) is 6.07 Å². The summed E-state index contributed by atoms with van der Waals surface area (Å²) in [5.41, 5.74) is 19.9. The zero-order valence-corrected chi connectivity index (χ0v) is 13.3. The summed E-state index contributed by atoms with van der Waals surface area (Å²) in [7, 11) is 0. The first-order valence-corrected chi connectivity index (χ1v) is 6.62. The summed E-state index contributed by atoms with van der Waals surface area (Å²) in [6.07, 6.45) is 0. The summed E-state index contributed by atoms with van der Waals surface area (Å²) in [5.74, 6) is 0.378. The number of nitrogens with two attached hydrogens (primary N) is 3. The Morgan fingerprint density at radius 2 is 1.71 bits per heavy atom. The highest BCUT2D eigenvalue weighted by atomic mass is 35.5.